The second-order valence-electron chi connectivity index (χ2n) is 5.60. The molecule has 1 aliphatic rings. The van der Waals surface area contributed by atoms with Crippen molar-refractivity contribution in [3.05, 3.63) is 45.3 Å². The van der Waals surface area contributed by atoms with E-state index in [-0.39, 0.29) is 5.91 Å². The molecule has 1 N–H and O–H groups in total. The number of hydrogen-bond acceptors (Lipinski definition) is 5. The summed E-state index contributed by atoms with van der Waals surface area (Å²) in [6.45, 7) is 7.59. The number of nitrogens with one attached hydrogen (secondary N) is 1. The molecule has 23 heavy (non-hydrogen) atoms. The van der Waals surface area contributed by atoms with E-state index in [1.165, 1.54) is 0 Å². The number of rotatable bonds is 4. The Morgan fingerprint density at radius 1 is 1.39 bits per heavy atom. The van der Waals surface area contributed by atoms with Crippen molar-refractivity contribution in [2.75, 3.05) is 31.2 Å². The molecule has 1 amide bonds. The minimum Gasteiger partial charge on any atom is -0.378 e. The van der Waals surface area contributed by atoms with Crippen molar-refractivity contribution in [1.82, 2.24) is 10.3 Å². The van der Waals surface area contributed by atoms with Gasteiger partial charge in [-0.15, -0.1) is 11.3 Å². The predicted octanol–water partition coefficient (Wildman–Crippen LogP) is 2.53. The van der Waals surface area contributed by atoms with Crippen LogP contribution in [0.3, 0.4) is 0 Å². The Morgan fingerprint density at radius 3 is 2.87 bits per heavy atom. The first-order chi connectivity index (χ1) is 11.1. The number of nitrogens with zero attached hydrogens (tertiary/aromatic N) is 2. The van der Waals surface area contributed by atoms with Crippen molar-refractivity contribution in [1.29, 1.82) is 0 Å². The van der Waals surface area contributed by atoms with Gasteiger partial charge in [0, 0.05) is 41.1 Å². The lowest BCUT2D eigenvalue weighted by molar-refractivity contribution is 0.0950. The topological polar surface area (TPSA) is 54.5 Å². The molecule has 1 fully saturated rings. The summed E-state index contributed by atoms with van der Waals surface area (Å²) >= 11 is 1.65. The van der Waals surface area contributed by atoms with E-state index in [9.17, 15) is 4.79 Å². The molecule has 0 bridgehead atoms. The number of morpholine rings is 1. The van der Waals surface area contributed by atoms with Crippen molar-refractivity contribution < 1.29 is 9.53 Å². The van der Waals surface area contributed by atoms with Crippen LogP contribution < -0.4 is 10.2 Å². The Morgan fingerprint density at radius 2 is 2.17 bits per heavy atom. The lowest BCUT2D eigenvalue weighted by Gasteiger charge is -2.29. The molecular weight excluding hydrogens is 310 g/mol. The third kappa shape index (κ3) is 3.71. The first kappa shape index (κ1) is 16.0. The number of thiophene rings is 1. The monoisotopic (exact) mass is 331 g/mol. The van der Waals surface area contributed by atoms with Crippen LogP contribution in [0, 0.1) is 13.8 Å². The third-order valence-electron chi connectivity index (χ3n) is 3.90. The molecule has 0 spiro atoms. The van der Waals surface area contributed by atoms with Crippen molar-refractivity contribution in [3.63, 3.8) is 0 Å². The second-order valence-corrected chi connectivity index (χ2v) is 7.06. The summed E-state index contributed by atoms with van der Waals surface area (Å²) in [5.41, 5.74) is 1.80. The summed E-state index contributed by atoms with van der Waals surface area (Å²) in [6, 6.07) is 5.87. The van der Waals surface area contributed by atoms with E-state index in [2.05, 4.69) is 15.2 Å². The quantitative estimate of drug-likeness (QED) is 0.935. The molecule has 0 aromatic carbocycles. The van der Waals surface area contributed by atoms with Gasteiger partial charge in [0.05, 0.1) is 18.8 Å². The van der Waals surface area contributed by atoms with Crippen LogP contribution >= 0.6 is 11.3 Å². The Kier molecular flexibility index (Phi) is 4.93. The number of pyridine rings is 1. The van der Waals surface area contributed by atoms with Gasteiger partial charge >= 0.3 is 0 Å². The summed E-state index contributed by atoms with van der Waals surface area (Å²) in [5, 5.41) is 3.02. The van der Waals surface area contributed by atoms with E-state index in [0.717, 1.165) is 53.0 Å². The van der Waals surface area contributed by atoms with Crippen molar-refractivity contribution >= 4 is 23.1 Å². The van der Waals surface area contributed by atoms with Crippen molar-refractivity contribution in [2.24, 2.45) is 0 Å². The van der Waals surface area contributed by atoms with Gasteiger partial charge in [-0.2, -0.15) is 0 Å². The van der Waals surface area contributed by atoms with Gasteiger partial charge in [-0.3, -0.25) is 4.79 Å². The highest BCUT2D eigenvalue weighted by atomic mass is 32.1. The molecular formula is C17H21N3O2S. The zero-order chi connectivity index (χ0) is 16.2. The molecule has 1 saturated heterocycles. The lowest BCUT2D eigenvalue weighted by atomic mass is 10.2. The van der Waals surface area contributed by atoms with Crippen molar-refractivity contribution in [3.8, 4) is 0 Å². The van der Waals surface area contributed by atoms with Crippen LogP contribution in [-0.2, 0) is 11.3 Å². The van der Waals surface area contributed by atoms with Gasteiger partial charge in [0.15, 0.2) is 0 Å². The van der Waals surface area contributed by atoms with Crippen LogP contribution in [0.15, 0.2) is 24.4 Å². The van der Waals surface area contributed by atoms with Gasteiger partial charge in [-0.05, 0) is 26.0 Å². The highest BCUT2D eigenvalue weighted by molar-refractivity contribution is 7.12. The van der Waals surface area contributed by atoms with E-state index in [1.807, 2.05) is 32.0 Å². The van der Waals surface area contributed by atoms with E-state index in [1.54, 1.807) is 17.5 Å². The van der Waals surface area contributed by atoms with Gasteiger partial charge in [-0.1, -0.05) is 6.07 Å². The Bertz CT molecular complexity index is 693. The normalized spacial score (nSPS) is 14.8. The smallest absolute Gasteiger partial charge is 0.252 e. The first-order valence-electron chi connectivity index (χ1n) is 7.77. The maximum absolute atomic E-state index is 12.4. The first-order valence-corrected chi connectivity index (χ1v) is 8.58. The highest BCUT2D eigenvalue weighted by Crippen LogP contribution is 2.21. The molecule has 3 rings (SSSR count). The molecule has 3 heterocycles. The fourth-order valence-electron chi connectivity index (χ4n) is 2.76. The standard InChI is InChI=1S/C17H21N3O2S/c1-12-10-15(13(2)23-12)17(21)19-11-14-4-3-5-18-16(14)20-6-8-22-9-7-20/h3-5,10H,6-9,11H2,1-2H3,(H,19,21). The molecule has 0 saturated carbocycles. The van der Waals surface area contributed by atoms with E-state index >= 15 is 0 Å². The number of carbonyl (C=O) groups excluding carboxylic acids is 1. The molecule has 0 atom stereocenters. The largest absolute Gasteiger partial charge is 0.378 e. The van der Waals surface area contributed by atoms with Crippen molar-refractivity contribution in [2.45, 2.75) is 20.4 Å². The molecule has 5 nitrogen and oxygen atoms in total. The number of ether oxygens (including phenoxy) is 1. The van der Waals surface area contributed by atoms with Crippen LogP contribution in [0.1, 0.15) is 25.7 Å². The molecule has 0 unspecified atom stereocenters. The van der Waals surface area contributed by atoms with Gasteiger partial charge in [0.2, 0.25) is 0 Å². The molecule has 1 aliphatic heterocycles. The summed E-state index contributed by atoms with van der Waals surface area (Å²) < 4.78 is 5.39. The SMILES string of the molecule is Cc1cc(C(=O)NCc2cccnc2N2CCOCC2)c(C)s1. The average molecular weight is 331 g/mol. The zero-order valence-corrected chi connectivity index (χ0v) is 14.3. The van der Waals surface area contributed by atoms with Crippen LogP contribution in [-0.4, -0.2) is 37.2 Å². The van der Waals surface area contributed by atoms with Crippen LogP contribution in [0.2, 0.25) is 0 Å². The number of aryl methyl sites for hydroxylation is 2. The number of amides is 1. The fourth-order valence-corrected chi connectivity index (χ4v) is 3.68. The van der Waals surface area contributed by atoms with Crippen LogP contribution in [0.25, 0.3) is 0 Å². The summed E-state index contributed by atoms with van der Waals surface area (Å²) in [6.07, 6.45) is 1.79. The van der Waals surface area contributed by atoms with Gasteiger partial charge in [0.1, 0.15) is 5.82 Å². The maximum Gasteiger partial charge on any atom is 0.252 e. The Hall–Kier alpha value is -1.92. The molecule has 2 aromatic heterocycles. The van der Waals surface area contributed by atoms with Gasteiger partial charge in [-0.25, -0.2) is 4.98 Å². The minimum absolute atomic E-state index is 0.0244. The van der Waals surface area contributed by atoms with E-state index < -0.39 is 0 Å². The third-order valence-corrected chi connectivity index (χ3v) is 4.87. The van der Waals surface area contributed by atoms with Crippen LogP contribution in [0.4, 0.5) is 5.82 Å². The average Bonchev–Trinajstić information content (AvgIpc) is 2.92. The molecule has 2 aromatic rings. The minimum atomic E-state index is -0.0244. The molecule has 0 aliphatic carbocycles. The molecule has 6 heteroatoms. The molecule has 0 radical (unpaired) electrons. The Labute approximate surface area is 140 Å². The van der Waals surface area contributed by atoms with Gasteiger partial charge < -0.3 is 15.0 Å². The summed E-state index contributed by atoms with van der Waals surface area (Å²) in [7, 11) is 0. The number of aromatic nitrogens is 1. The lowest BCUT2D eigenvalue weighted by Crippen LogP contribution is -2.37. The van der Waals surface area contributed by atoms with E-state index in [0.29, 0.717) is 6.54 Å². The Balaban J connectivity index is 1.70. The number of hydrogen-bond donors (Lipinski definition) is 1. The van der Waals surface area contributed by atoms with Crippen LogP contribution in [0.5, 0.6) is 0 Å². The predicted molar refractivity (Wildman–Crippen MR) is 92.2 cm³/mol. The highest BCUT2D eigenvalue weighted by Gasteiger charge is 2.17. The second kappa shape index (κ2) is 7.10. The fraction of sp³-hybridized carbons (Fsp3) is 0.412. The van der Waals surface area contributed by atoms with Gasteiger partial charge in [0.25, 0.3) is 5.91 Å². The number of anilines is 1. The summed E-state index contributed by atoms with van der Waals surface area (Å²) in [4.78, 5) is 21.3. The maximum atomic E-state index is 12.4. The molecule has 122 valence electrons. The zero-order valence-electron chi connectivity index (χ0n) is 13.5. The summed E-state index contributed by atoms with van der Waals surface area (Å²) in [5.74, 6) is 0.915. The van der Waals surface area contributed by atoms with E-state index in [4.69, 9.17) is 4.74 Å². The number of carbonyl (C=O) groups is 1.